The minimum atomic E-state index is -0.276. The van der Waals surface area contributed by atoms with E-state index in [1.54, 1.807) is 48.2 Å². The molecule has 0 fully saturated rings. The second kappa shape index (κ2) is 11.5. The van der Waals surface area contributed by atoms with Crippen molar-refractivity contribution in [2.45, 2.75) is 11.3 Å². The Bertz CT molecular complexity index is 1080. The van der Waals surface area contributed by atoms with Gasteiger partial charge in [0.15, 0.2) is 0 Å². The van der Waals surface area contributed by atoms with Crippen molar-refractivity contribution in [1.82, 2.24) is 0 Å². The van der Waals surface area contributed by atoms with Crippen LogP contribution in [0.4, 0.5) is 11.4 Å². The molecule has 0 aliphatic carbocycles. The highest BCUT2D eigenvalue weighted by Gasteiger charge is 2.16. The summed E-state index contributed by atoms with van der Waals surface area (Å²) in [5, 5.41) is 6.35. The van der Waals surface area contributed by atoms with E-state index in [9.17, 15) is 9.59 Å². The van der Waals surface area contributed by atoms with Crippen LogP contribution in [-0.4, -0.2) is 31.8 Å². The highest BCUT2D eigenvalue weighted by molar-refractivity contribution is 7.99. The van der Waals surface area contributed by atoms with Gasteiger partial charge in [-0.2, -0.15) is 0 Å². The van der Waals surface area contributed by atoms with Crippen LogP contribution in [0.25, 0.3) is 0 Å². The molecule has 0 unspecified atom stereocenters. The zero-order valence-electron chi connectivity index (χ0n) is 17.7. The monoisotopic (exact) mass is 470 g/mol. The summed E-state index contributed by atoms with van der Waals surface area (Å²) in [5.74, 6) is 0.988. The predicted octanol–water partition coefficient (Wildman–Crippen LogP) is 5.73. The van der Waals surface area contributed by atoms with Crippen molar-refractivity contribution in [1.29, 1.82) is 0 Å². The molecule has 0 saturated heterocycles. The molecule has 2 amide bonds. The topological polar surface area (TPSA) is 76.7 Å². The van der Waals surface area contributed by atoms with Crippen LogP contribution in [0.3, 0.4) is 0 Å². The summed E-state index contributed by atoms with van der Waals surface area (Å²) in [6, 6.07) is 19.6. The van der Waals surface area contributed by atoms with Gasteiger partial charge in [0.25, 0.3) is 5.91 Å². The van der Waals surface area contributed by atoms with Crippen molar-refractivity contribution in [2.24, 2.45) is 0 Å². The van der Waals surface area contributed by atoms with Crippen LogP contribution in [-0.2, 0) is 4.79 Å². The second-order valence-electron chi connectivity index (χ2n) is 6.67. The maximum atomic E-state index is 12.5. The second-order valence-corrected chi connectivity index (χ2v) is 8.28. The van der Waals surface area contributed by atoms with E-state index < -0.39 is 0 Å². The third kappa shape index (κ3) is 6.42. The lowest BCUT2D eigenvalue weighted by Gasteiger charge is -2.16. The zero-order chi connectivity index (χ0) is 22.9. The van der Waals surface area contributed by atoms with E-state index in [4.69, 9.17) is 21.1 Å². The summed E-state index contributed by atoms with van der Waals surface area (Å²) < 4.78 is 10.8. The largest absolute Gasteiger partial charge is 0.494 e. The van der Waals surface area contributed by atoms with Crippen molar-refractivity contribution in [3.63, 3.8) is 0 Å². The number of rotatable bonds is 9. The van der Waals surface area contributed by atoms with E-state index in [1.165, 1.54) is 14.2 Å². The van der Waals surface area contributed by atoms with E-state index >= 15 is 0 Å². The SMILES string of the molecule is COc1cc(NC(=O)c2ccccc2)c(OC)cc1NC(=O)CCSc1ccc(Cl)cc1. The number of benzene rings is 3. The van der Waals surface area contributed by atoms with Crippen LogP contribution >= 0.6 is 23.4 Å². The Morgan fingerprint density at radius 1 is 0.875 bits per heavy atom. The van der Waals surface area contributed by atoms with Crippen molar-refractivity contribution in [3.8, 4) is 11.5 Å². The fraction of sp³-hybridized carbons (Fsp3) is 0.167. The normalized spacial score (nSPS) is 10.3. The van der Waals surface area contributed by atoms with Crippen molar-refractivity contribution >= 4 is 46.6 Å². The number of nitrogens with one attached hydrogen (secondary N) is 2. The predicted molar refractivity (Wildman–Crippen MR) is 129 cm³/mol. The van der Waals surface area contributed by atoms with Gasteiger partial charge >= 0.3 is 0 Å². The standard InChI is InChI=1S/C24H23ClN2O4S/c1-30-21-15-20(27-24(29)16-6-4-3-5-7-16)22(31-2)14-19(21)26-23(28)12-13-32-18-10-8-17(25)9-11-18/h3-11,14-15H,12-13H2,1-2H3,(H,26,28)(H,27,29). The fourth-order valence-electron chi connectivity index (χ4n) is 2.88. The summed E-state index contributed by atoms with van der Waals surface area (Å²) >= 11 is 7.46. The molecule has 0 spiro atoms. The Morgan fingerprint density at radius 3 is 2.06 bits per heavy atom. The average Bonchev–Trinajstić information content (AvgIpc) is 2.81. The first kappa shape index (κ1) is 23.5. The van der Waals surface area contributed by atoms with Gasteiger partial charge in [-0.25, -0.2) is 0 Å². The molecule has 32 heavy (non-hydrogen) atoms. The van der Waals surface area contributed by atoms with E-state index in [-0.39, 0.29) is 11.8 Å². The Kier molecular flexibility index (Phi) is 8.41. The first-order valence-corrected chi connectivity index (χ1v) is 11.2. The number of thioether (sulfide) groups is 1. The number of methoxy groups -OCH3 is 2. The number of hydrogen-bond donors (Lipinski definition) is 2. The van der Waals surface area contributed by atoms with Crippen molar-refractivity contribution < 1.29 is 19.1 Å². The number of carbonyl (C=O) groups is 2. The average molecular weight is 471 g/mol. The van der Waals surface area contributed by atoms with Gasteiger partial charge < -0.3 is 20.1 Å². The van der Waals surface area contributed by atoms with Crippen LogP contribution in [0.5, 0.6) is 11.5 Å². The molecular weight excluding hydrogens is 448 g/mol. The lowest BCUT2D eigenvalue weighted by molar-refractivity contribution is -0.115. The fourth-order valence-corrected chi connectivity index (χ4v) is 3.86. The molecule has 0 aliphatic rings. The van der Waals surface area contributed by atoms with Gasteiger partial charge in [0.2, 0.25) is 5.91 Å². The van der Waals surface area contributed by atoms with Gasteiger partial charge in [-0.3, -0.25) is 9.59 Å². The Hall–Kier alpha value is -3.16. The van der Waals surface area contributed by atoms with E-state index in [0.29, 0.717) is 45.6 Å². The number of amides is 2. The van der Waals surface area contributed by atoms with Crippen LogP contribution in [0.15, 0.2) is 71.6 Å². The Labute approximate surface area is 196 Å². The summed E-state index contributed by atoms with van der Waals surface area (Å²) in [4.78, 5) is 26.0. The smallest absolute Gasteiger partial charge is 0.255 e. The van der Waals surface area contributed by atoms with Gasteiger partial charge in [-0.15, -0.1) is 11.8 Å². The van der Waals surface area contributed by atoms with Crippen LogP contribution in [0.1, 0.15) is 16.8 Å². The minimum Gasteiger partial charge on any atom is -0.494 e. The molecular formula is C24H23ClN2O4S. The highest BCUT2D eigenvalue weighted by atomic mass is 35.5. The lowest BCUT2D eigenvalue weighted by Crippen LogP contribution is -2.15. The molecule has 0 aromatic heterocycles. The van der Waals surface area contributed by atoms with Gasteiger partial charge in [0.05, 0.1) is 25.6 Å². The molecule has 0 radical (unpaired) electrons. The van der Waals surface area contributed by atoms with Crippen LogP contribution < -0.4 is 20.1 Å². The van der Waals surface area contributed by atoms with Crippen molar-refractivity contribution in [3.05, 3.63) is 77.3 Å². The maximum absolute atomic E-state index is 12.5. The number of halogens is 1. The highest BCUT2D eigenvalue weighted by Crippen LogP contribution is 2.37. The first-order chi connectivity index (χ1) is 15.5. The number of carbonyl (C=O) groups excluding carboxylic acids is 2. The molecule has 6 nitrogen and oxygen atoms in total. The van der Waals surface area contributed by atoms with Crippen LogP contribution in [0.2, 0.25) is 5.02 Å². The number of hydrogen-bond acceptors (Lipinski definition) is 5. The summed E-state index contributed by atoms with van der Waals surface area (Å²) in [7, 11) is 2.99. The maximum Gasteiger partial charge on any atom is 0.255 e. The Balaban J connectivity index is 1.66. The zero-order valence-corrected chi connectivity index (χ0v) is 19.3. The molecule has 3 aromatic carbocycles. The van der Waals surface area contributed by atoms with Crippen LogP contribution in [0, 0.1) is 0 Å². The van der Waals surface area contributed by atoms with E-state index in [1.807, 2.05) is 30.3 Å². The lowest BCUT2D eigenvalue weighted by atomic mass is 10.2. The molecule has 3 rings (SSSR count). The van der Waals surface area contributed by atoms with Gasteiger partial charge in [0.1, 0.15) is 11.5 Å². The quantitative estimate of drug-likeness (QED) is 0.390. The molecule has 3 aromatic rings. The van der Waals surface area contributed by atoms with Gasteiger partial charge in [-0.05, 0) is 36.4 Å². The number of ether oxygens (including phenoxy) is 2. The molecule has 8 heteroatoms. The molecule has 0 saturated carbocycles. The van der Waals surface area contributed by atoms with Crippen molar-refractivity contribution in [2.75, 3.05) is 30.6 Å². The first-order valence-electron chi connectivity index (χ1n) is 9.81. The molecule has 2 N–H and O–H groups in total. The Morgan fingerprint density at radius 2 is 1.47 bits per heavy atom. The molecule has 0 aliphatic heterocycles. The minimum absolute atomic E-state index is 0.159. The third-order valence-electron chi connectivity index (χ3n) is 4.49. The summed E-state index contributed by atoms with van der Waals surface area (Å²) in [6.45, 7) is 0. The molecule has 0 bridgehead atoms. The van der Waals surface area contributed by atoms with E-state index in [0.717, 1.165) is 4.90 Å². The molecule has 0 heterocycles. The summed E-state index contributed by atoms with van der Waals surface area (Å²) in [6.07, 6.45) is 0.311. The molecule has 0 atom stereocenters. The van der Waals surface area contributed by atoms with Gasteiger partial charge in [0, 0.05) is 39.8 Å². The molecule has 166 valence electrons. The summed E-state index contributed by atoms with van der Waals surface area (Å²) in [5.41, 5.74) is 1.42. The number of anilines is 2. The van der Waals surface area contributed by atoms with E-state index in [2.05, 4.69) is 10.6 Å². The van der Waals surface area contributed by atoms with Gasteiger partial charge in [-0.1, -0.05) is 29.8 Å². The third-order valence-corrected chi connectivity index (χ3v) is 5.76.